The summed E-state index contributed by atoms with van der Waals surface area (Å²) in [6.45, 7) is 7.38. The standard InChI is InChI=1S/C17H32N2O3/c1-16(2)5-3-14(4-6-16)11-18-15(21)19-12-17(13-20)7-9-22-10-8-17/h14,20H,3-13H2,1-2H3,(H2,18,19,21). The maximum Gasteiger partial charge on any atom is 0.314 e. The molecule has 0 spiro atoms. The fourth-order valence-electron chi connectivity index (χ4n) is 3.43. The Morgan fingerprint density at radius 3 is 2.36 bits per heavy atom. The molecule has 1 aliphatic heterocycles. The average Bonchev–Trinajstić information content (AvgIpc) is 2.53. The van der Waals surface area contributed by atoms with Crippen LogP contribution in [0.2, 0.25) is 0 Å². The molecule has 0 unspecified atom stereocenters. The molecule has 0 radical (unpaired) electrons. The molecule has 1 heterocycles. The van der Waals surface area contributed by atoms with Crippen molar-refractivity contribution < 1.29 is 14.6 Å². The first-order valence-electron chi connectivity index (χ1n) is 8.65. The van der Waals surface area contributed by atoms with Crippen LogP contribution in [-0.4, -0.2) is 44.0 Å². The molecule has 1 saturated carbocycles. The summed E-state index contributed by atoms with van der Waals surface area (Å²) in [6.07, 6.45) is 6.50. The van der Waals surface area contributed by atoms with Crippen molar-refractivity contribution in [2.45, 2.75) is 52.4 Å². The summed E-state index contributed by atoms with van der Waals surface area (Å²) < 4.78 is 5.34. The molecule has 0 aromatic heterocycles. The number of hydrogen-bond acceptors (Lipinski definition) is 3. The van der Waals surface area contributed by atoms with Crippen LogP contribution in [0, 0.1) is 16.7 Å². The molecule has 0 aromatic carbocycles. The monoisotopic (exact) mass is 312 g/mol. The highest BCUT2D eigenvalue weighted by Crippen LogP contribution is 2.37. The molecule has 2 aliphatic rings. The van der Waals surface area contributed by atoms with Gasteiger partial charge < -0.3 is 20.5 Å². The van der Waals surface area contributed by atoms with E-state index in [1.54, 1.807) is 0 Å². The van der Waals surface area contributed by atoms with Crippen LogP contribution in [0.25, 0.3) is 0 Å². The molecule has 128 valence electrons. The van der Waals surface area contributed by atoms with E-state index in [1.807, 2.05) is 0 Å². The Morgan fingerprint density at radius 2 is 1.77 bits per heavy atom. The van der Waals surface area contributed by atoms with Crippen LogP contribution in [0.4, 0.5) is 4.79 Å². The zero-order valence-electron chi connectivity index (χ0n) is 14.1. The minimum Gasteiger partial charge on any atom is -0.396 e. The van der Waals surface area contributed by atoms with Crippen molar-refractivity contribution in [3.63, 3.8) is 0 Å². The number of carbonyl (C=O) groups is 1. The molecular formula is C17H32N2O3. The number of amides is 2. The van der Waals surface area contributed by atoms with E-state index >= 15 is 0 Å². The number of aliphatic hydroxyl groups is 1. The third-order valence-electron chi connectivity index (χ3n) is 5.52. The highest BCUT2D eigenvalue weighted by molar-refractivity contribution is 5.73. The van der Waals surface area contributed by atoms with Crippen molar-refractivity contribution in [3.05, 3.63) is 0 Å². The van der Waals surface area contributed by atoms with Gasteiger partial charge in [0.25, 0.3) is 0 Å². The van der Waals surface area contributed by atoms with Crippen LogP contribution in [0.15, 0.2) is 0 Å². The lowest BCUT2D eigenvalue weighted by Gasteiger charge is -2.36. The summed E-state index contributed by atoms with van der Waals surface area (Å²) in [5.74, 6) is 0.605. The van der Waals surface area contributed by atoms with Gasteiger partial charge >= 0.3 is 6.03 Å². The number of rotatable bonds is 5. The van der Waals surface area contributed by atoms with Gasteiger partial charge in [0.05, 0.1) is 6.61 Å². The van der Waals surface area contributed by atoms with Gasteiger partial charge in [-0.1, -0.05) is 13.8 Å². The van der Waals surface area contributed by atoms with Crippen molar-refractivity contribution in [1.82, 2.24) is 10.6 Å². The topological polar surface area (TPSA) is 70.6 Å². The lowest BCUT2D eigenvalue weighted by Crippen LogP contribution is -2.47. The van der Waals surface area contributed by atoms with Gasteiger partial charge in [0.15, 0.2) is 0 Å². The molecule has 3 N–H and O–H groups in total. The van der Waals surface area contributed by atoms with Crippen molar-refractivity contribution in [2.24, 2.45) is 16.7 Å². The fraction of sp³-hybridized carbons (Fsp3) is 0.941. The minimum absolute atomic E-state index is 0.106. The molecule has 2 rings (SSSR count). The van der Waals surface area contributed by atoms with Gasteiger partial charge in [-0.15, -0.1) is 0 Å². The Hall–Kier alpha value is -0.810. The number of aliphatic hydroxyl groups excluding tert-OH is 1. The largest absolute Gasteiger partial charge is 0.396 e. The lowest BCUT2D eigenvalue weighted by molar-refractivity contribution is -0.0138. The molecule has 5 nitrogen and oxygen atoms in total. The first kappa shape index (κ1) is 17.5. The van der Waals surface area contributed by atoms with Gasteiger partial charge in [-0.05, 0) is 49.9 Å². The Morgan fingerprint density at radius 1 is 1.14 bits per heavy atom. The van der Waals surface area contributed by atoms with Crippen molar-refractivity contribution >= 4 is 6.03 Å². The van der Waals surface area contributed by atoms with Crippen LogP contribution >= 0.6 is 0 Å². The summed E-state index contributed by atoms with van der Waals surface area (Å²) in [4.78, 5) is 12.0. The zero-order chi connectivity index (χ0) is 16.1. The second-order valence-corrected chi connectivity index (χ2v) is 7.94. The Balaban J connectivity index is 1.65. The number of nitrogens with one attached hydrogen (secondary N) is 2. The molecule has 5 heteroatoms. The summed E-state index contributed by atoms with van der Waals surface area (Å²) in [5.41, 5.74) is 0.264. The van der Waals surface area contributed by atoms with Gasteiger partial charge in [0.2, 0.25) is 0 Å². The van der Waals surface area contributed by atoms with E-state index in [-0.39, 0.29) is 18.1 Å². The van der Waals surface area contributed by atoms with Gasteiger partial charge in [-0.3, -0.25) is 0 Å². The van der Waals surface area contributed by atoms with Crippen molar-refractivity contribution in [2.75, 3.05) is 32.9 Å². The van der Waals surface area contributed by atoms with Crippen LogP contribution in [0.3, 0.4) is 0 Å². The van der Waals surface area contributed by atoms with Gasteiger partial charge in [-0.25, -0.2) is 4.79 Å². The Labute approximate surface area is 134 Å². The minimum atomic E-state index is -0.204. The lowest BCUT2D eigenvalue weighted by atomic mass is 9.73. The highest BCUT2D eigenvalue weighted by Gasteiger charge is 2.32. The maximum absolute atomic E-state index is 12.0. The van der Waals surface area contributed by atoms with E-state index in [0.29, 0.717) is 31.1 Å². The Kier molecular flexibility index (Phi) is 6.09. The smallest absolute Gasteiger partial charge is 0.314 e. The fourth-order valence-corrected chi connectivity index (χ4v) is 3.43. The maximum atomic E-state index is 12.0. The third-order valence-corrected chi connectivity index (χ3v) is 5.52. The first-order valence-corrected chi connectivity index (χ1v) is 8.65. The molecular weight excluding hydrogens is 280 g/mol. The average molecular weight is 312 g/mol. The van der Waals surface area contributed by atoms with Gasteiger partial charge in [0, 0.05) is 31.7 Å². The quantitative estimate of drug-likeness (QED) is 0.729. The number of ether oxygens (including phenoxy) is 1. The summed E-state index contributed by atoms with van der Waals surface area (Å²) in [7, 11) is 0. The van der Waals surface area contributed by atoms with Crippen LogP contribution in [0.5, 0.6) is 0 Å². The molecule has 1 saturated heterocycles. The molecule has 0 aromatic rings. The predicted octanol–water partition coefficient (Wildman–Crippen LogP) is 2.29. The van der Waals surface area contributed by atoms with Crippen molar-refractivity contribution in [3.8, 4) is 0 Å². The van der Waals surface area contributed by atoms with Crippen LogP contribution < -0.4 is 10.6 Å². The first-order chi connectivity index (χ1) is 10.4. The van der Waals surface area contributed by atoms with E-state index in [9.17, 15) is 9.90 Å². The summed E-state index contributed by atoms with van der Waals surface area (Å²) in [5, 5.41) is 15.5. The van der Waals surface area contributed by atoms with E-state index in [2.05, 4.69) is 24.5 Å². The van der Waals surface area contributed by atoms with E-state index in [0.717, 1.165) is 19.4 Å². The second-order valence-electron chi connectivity index (χ2n) is 7.94. The van der Waals surface area contributed by atoms with E-state index in [4.69, 9.17) is 4.74 Å². The SMILES string of the molecule is CC1(C)CCC(CNC(=O)NCC2(CO)CCOCC2)CC1. The predicted molar refractivity (Wildman–Crippen MR) is 86.7 cm³/mol. The third kappa shape index (κ3) is 5.13. The molecule has 0 atom stereocenters. The molecule has 2 fully saturated rings. The van der Waals surface area contributed by atoms with E-state index < -0.39 is 0 Å². The Bertz CT molecular complexity index is 355. The summed E-state index contributed by atoms with van der Waals surface area (Å²) in [6, 6.07) is -0.107. The van der Waals surface area contributed by atoms with Crippen molar-refractivity contribution in [1.29, 1.82) is 0 Å². The van der Waals surface area contributed by atoms with Gasteiger partial charge in [-0.2, -0.15) is 0 Å². The number of urea groups is 1. The zero-order valence-corrected chi connectivity index (χ0v) is 14.1. The molecule has 22 heavy (non-hydrogen) atoms. The molecule has 0 bridgehead atoms. The summed E-state index contributed by atoms with van der Waals surface area (Å²) >= 11 is 0. The van der Waals surface area contributed by atoms with Gasteiger partial charge in [0.1, 0.15) is 0 Å². The van der Waals surface area contributed by atoms with Crippen LogP contribution in [0.1, 0.15) is 52.4 Å². The second kappa shape index (κ2) is 7.64. The number of hydrogen-bond donors (Lipinski definition) is 3. The van der Waals surface area contributed by atoms with Crippen LogP contribution in [-0.2, 0) is 4.74 Å². The number of carbonyl (C=O) groups excluding carboxylic acids is 1. The normalized spacial score (nSPS) is 24.7. The highest BCUT2D eigenvalue weighted by atomic mass is 16.5. The molecule has 1 aliphatic carbocycles. The van der Waals surface area contributed by atoms with E-state index in [1.165, 1.54) is 25.7 Å². The molecule has 2 amide bonds.